The van der Waals surface area contributed by atoms with Crippen LogP contribution in [-0.4, -0.2) is 44.8 Å². The molecule has 4 heteroatoms. The number of ether oxygens (including phenoxy) is 2. The Morgan fingerprint density at radius 1 is 1.26 bits per heavy atom. The van der Waals surface area contributed by atoms with Crippen molar-refractivity contribution < 1.29 is 9.47 Å². The molecule has 0 spiro atoms. The van der Waals surface area contributed by atoms with E-state index < -0.39 is 0 Å². The standard InChI is InChI=1S/C15H22N2O2/c1-16-9-13-4-5-17(11-13)10-12-2-3-14-15(8-12)19-7-6-18-14/h2-3,8,13,16H,4-7,9-11H2,1H3. The van der Waals surface area contributed by atoms with Crippen molar-refractivity contribution in [1.29, 1.82) is 0 Å². The number of hydrogen-bond acceptors (Lipinski definition) is 4. The molecule has 2 heterocycles. The Bertz CT molecular complexity index is 436. The maximum Gasteiger partial charge on any atom is 0.161 e. The van der Waals surface area contributed by atoms with E-state index in [-0.39, 0.29) is 0 Å². The third-order valence-corrected chi connectivity index (χ3v) is 3.88. The first-order valence-corrected chi connectivity index (χ1v) is 7.10. The van der Waals surface area contributed by atoms with Gasteiger partial charge in [-0.05, 0) is 50.2 Å². The molecular formula is C15H22N2O2. The van der Waals surface area contributed by atoms with Gasteiger partial charge in [-0.15, -0.1) is 0 Å². The number of fused-ring (bicyclic) bond motifs is 1. The molecule has 4 nitrogen and oxygen atoms in total. The van der Waals surface area contributed by atoms with Crippen molar-refractivity contribution in [2.24, 2.45) is 5.92 Å². The monoisotopic (exact) mass is 262 g/mol. The molecule has 0 bridgehead atoms. The first-order valence-electron chi connectivity index (χ1n) is 7.10. The van der Waals surface area contributed by atoms with Crippen molar-refractivity contribution in [2.75, 3.05) is 39.9 Å². The van der Waals surface area contributed by atoms with Crippen molar-refractivity contribution in [3.63, 3.8) is 0 Å². The third-order valence-electron chi connectivity index (χ3n) is 3.88. The molecule has 2 aliphatic rings. The van der Waals surface area contributed by atoms with Crippen molar-refractivity contribution in [3.05, 3.63) is 23.8 Å². The van der Waals surface area contributed by atoms with Gasteiger partial charge in [0.25, 0.3) is 0 Å². The second-order valence-electron chi connectivity index (χ2n) is 5.43. The van der Waals surface area contributed by atoms with E-state index in [9.17, 15) is 0 Å². The highest BCUT2D eigenvalue weighted by molar-refractivity contribution is 5.43. The van der Waals surface area contributed by atoms with Crippen LogP contribution in [0.1, 0.15) is 12.0 Å². The van der Waals surface area contributed by atoms with Crippen LogP contribution in [0.25, 0.3) is 0 Å². The Labute approximate surface area is 114 Å². The number of rotatable bonds is 4. The largest absolute Gasteiger partial charge is 0.486 e. The summed E-state index contributed by atoms with van der Waals surface area (Å²) in [6, 6.07) is 6.31. The molecule has 1 aromatic carbocycles. The first-order chi connectivity index (χ1) is 9.35. The number of nitrogens with zero attached hydrogens (tertiary/aromatic N) is 1. The Morgan fingerprint density at radius 2 is 2.11 bits per heavy atom. The topological polar surface area (TPSA) is 33.7 Å². The maximum atomic E-state index is 5.63. The Balaban J connectivity index is 1.61. The highest BCUT2D eigenvalue weighted by atomic mass is 16.6. The van der Waals surface area contributed by atoms with Crippen LogP contribution in [0.2, 0.25) is 0 Å². The Hall–Kier alpha value is -1.26. The van der Waals surface area contributed by atoms with Crippen LogP contribution in [0.15, 0.2) is 18.2 Å². The smallest absolute Gasteiger partial charge is 0.161 e. The molecule has 0 amide bonds. The lowest BCUT2D eigenvalue weighted by atomic mass is 10.1. The van der Waals surface area contributed by atoms with Gasteiger partial charge in [-0.25, -0.2) is 0 Å². The van der Waals surface area contributed by atoms with Gasteiger partial charge in [0.2, 0.25) is 0 Å². The minimum Gasteiger partial charge on any atom is -0.486 e. The number of nitrogens with one attached hydrogen (secondary N) is 1. The highest BCUT2D eigenvalue weighted by Crippen LogP contribution is 2.31. The summed E-state index contributed by atoms with van der Waals surface area (Å²) in [7, 11) is 2.03. The van der Waals surface area contributed by atoms with Gasteiger partial charge in [0.15, 0.2) is 11.5 Å². The van der Waals surface area contributed by atoms with E-state index in [2.05, 4.69) is 22.3 Å². The summed E-state index contributed by atoms with van der Waals surface area (Å²) < 4.78 is 11.2. The number of hydrogen-bond donors (Lipinski definition) is 1. The zero-order chi connectivity index (χ0) is 13.1. The van der Waals surface area contributed by atoms with Crippen molar-refractivity contribution >= 4 is 0 Å². The number of benzene rings is 1. The van der Waals surface area contributed by atoms with Crippen LogP contribution in [0.4, 0.5) is 0 Å². The summed E-state index contributed by atoms with van der Waals surface area (Å²) in [5, 5.41) is 3.27. The van der Waals surface area contributed by atoms with Crippen LogP contribution < -0.4 is 14.8 Å². The lowest BCUT2D eigenvalue weighted by molar-refractivity contribution is 0.171. The van der Waals surface area contributed by atoms with Crippen LogP contribution in [0.5, 0.6) is 11.5 Å². The van der Waals surface area contributed by atoms with E-state index in [4.69, 9.17) is 9.47 Å². The molecule has 1 aromatic rings. The molecule has 104 valence electrons. The summed E-state index contributed by atoms with van der Waals surface area (Å²) in [4.78, 5) is 2.52. The second-order valence-corrected chi connectivity index (χ2v) is 5.43. The van der Waals surface area contributed by atoms with E-state index in [1.54, 1.807) is 0 Å². The molecule has 0 aromatic heterocycles. The summed E-state index contributed by atoms with van der Waals surface area (Å²) in [5.74, 6) is 2.57. The SMILES string of the molecule is CNCC1CCN(Cc2ccc3c(c2)OCCO3)C1. The van der Waals surface area contributed by atoms with E-state index in [0.717, 1.165) is 30.5 Å². The molecule has 3 rings (SSSR count). The van der Waals surface area contributed by atoms with E-state index in [0.29, 0.717) is 13.2 Å². The van der Waals surface area contributed by atoms with E-state index in [1.165, 1.54) is 25.1 Å². The average molecular weight is 262 g/mol. The van der Waals surface area contributed by atoms with Gasteiger partial charge in [-0.2, -0.15) is 0 Å². The molecule has 1 saturated heterocycles. The van der Waals surface area contributed by atoms with Gasteiger partial charge in [0.1, 0.15) is 13.2 Å². The lowest BCUT2D eigenvalue weighted by Gasteiger charge is -2.21. The van der Waals surface area contributed by atoms with Gasteiger partial charge in [-0.1, -0.05) is 6.07 Å². The molecular weight excluding hydrogens is 240 g/mol. The minimum atomic E-state index is 0.657. The van der Waals surface area contributed by atoms with Gasteiger partial charge < -0.3 is 14.8 Å². The van der Waals surface area contributed by atoms with Crippen molar-refractivity contribution in [1.82, 2.24) is 10.2 Å². The average Bonchev–Trinajstić information content (AvgIpc) is 2.86. The molecule has 1 N–H and O–H groups in total. The van der Waals surface area contributed by atoms with Gasteiger partial charge in [-0.3, -0.25) is 4.90 Å². The molecule has 1 fully saturated rings. The summed E-state index contributed by atoms with van der Waals surface area (Å²) in [5.41, 5.74) is 1.31. The molecule has 2 aliphatic heterocycles. The fourth-order valence-corrected chi connectivity index (χ4v) is 2.96. The zero-order valence-electron chi connectivity index (χ0n) is 11.5. The summed E-state index contributed by atoms with van der Waals surface area (Å²) >= 11 is 0. The normalized spacial score (nSPS) is 22.7. The predicted octanol–water partition coefficient (Wildman–Crippen LogP) is 1.50. The molecule has 1 unspecified atom stereocenters. The zero-order valence-corrected chi connectivity index (χ0v) is 11.5. The fraction of sp³-hybridized carbons (Fsp3) is 0.600. The third kappa shape index (κ3) is 3.01. The number of likely N-dealkylation sites (tertiary alicyclic amines) is 1. The second kappa shape index (κ2) is 5.80. The lowest BCUT2D eigenvalue weighted by Crippen LogP contribution is -2.24. The van der Waals surface area contributed by atoms with Crippen molar-refractivity contribution in [3.8, 4) is 11.5 Å². The van der Waals surface area contributed by atoms with Crippen LogP contribution in [-0.2, 0) is 6.54 Å². The predicted molar refractivity (Wildman–Crippen MR) is 74.7 cm³/mol. The van der Waals surface area contributed by atoms with Crippen molar-refractivity contribution in [2.45, 2.75) is 13.0 Å². The minimum absolute atomic E-state index is 0.657. The Kier molecular flexibility index (Phi) is 3.89. The highest BCUT2D eigenvalue weighted by Gasteiger charge is 2.22. The molecule has 0 radical (unpaired) electrons. The molecule has 19 heavy (non-hydrogen) atoms. The van der Waals surface area contributed by atoms with Crippen LogP contribution >= 0.6 is 0 Å². The van der Waals surface area contributed by atoms with Gasteiger partial charge in [0, 0.05) is 13.1 Å². The molecule has 0 saturated carbocycles. The quantitative estimate of drug-likeness (QED) is 0.891. The molecule has 1 atom stereocenters. The van der Waals surface area contributed by atoms with Gasteiger partial charge >= 0.3 is 0 Å². The first kappa shape index (κ1) is 12.8. The summed E-state index contributed by atoms with van der Waals surface area (Å²) in [6.07, 6.45) is 1.30. The van der Waals surface area contributed by atoms with E-state index >= 15 is 0 Å². The van der Waals surface area contributed by atoms with E-state index in [1.807, 2.05) is 13.1 Å². The summed E-state index contributed by atoms with van der Waals surface area (Å²) in [6.45, 7) is 5.83. The maximum absolute atomic E-state index is 5.63. The molecule has 0 aliphatic carbocycles. The Morgan fingerprint density at radius 3 is 2.95 bits per heavy atom. The van der Waals surface area contributed by atoms with Gasteiger partial charge in [0.05, 0.1) is 0 Å². The van der Waals surface area contributed by atoms with Crippen LogP contribution in [0, 0.1) is 5.92 Å². The van der Waals surface area contributed by atoms with Crippen LogP contribution in [0.3, 0.4) is 0 Å². The fourth-order valence-electron chi connectivity index (χ4n) is 2.96.